The molecule has 20 heavy (non-hydrogen) atoms. The maximum absolute atomic E-state index is 4.60. The van der Waals surface area contributed by atoms with Gasteiger partial charge in [-0.05, 0) is 42.3 Å². The lowest BCUT2D eigenvalue weighted by Crippen LogP contribution is -2.36. The lowest BCUT2D eigenvalue weighted by Gasteiger charge is -2.30. The van der Waals surface area contributed by atoms with E-state index in [0.29, 0.717) is 6.04 Å². The molecule has 2 aromatic heterocycles. The Hall–Kier alpha value is -1.19. The van der Waals surface area contributed by atoms with E-state index in [0.717, 1.165) is 6.54 Å². The van der Waals surface area contributed by atoms with Crippen LogP contribution in [0.15, 0.2) is 35.8 Å². The molecule has 3 rings (SSSR count). The van der Waals surface area contributed by atoms with E-state index >= 15 is 0 Å². The van der Waals surface area contributed by atoms with Gasteiger partial charge in [0.2, 0.25) is 0 Å². The molecule has 0 spiro atoms. The third-order valence-corrected chi connectivity index (χ3v) is 5.41. The van der Waals surface area contributed by atoms with Gasteiger partial charge in [-0.15, -0.1) is 11.3 Å². The Morgan fingerprint density at radius 3 is 3.05 bits per heavy atom. The van der Waals surface area contributed by atoms with E-state index in [2.05, 4.69) is 53.8 Å². The smallest absolute Gasteiger partial charge is 0.0605 e. The second kappa shape index (κ2) is 5.66. The van der Waals surface area contributed by atoms with Gasteiger partial charge in [-0.3, -0.25) is 4.98 Å². The Kier molecular flexibility index (Phi) is 3.90. The van der Waals surface area contributed by atoms with Gasteiger partial charge in [0.25, 0.3) is 0 Å². The SMILES string of the molecule is CC(C)(CNC1CCCc2cccnc21)c1cccs1. The third kappa shape index (κ3) is 2.79. The number of aryl methyl sites for hydroxylation is 1. The largest absolute Gasteiger partial charge is 0.308 e. The fourth-order valence-electron chi connectivity index (χ4n) is 2.94. The molecule has 0 aromatic carbocycles. The molecule has 1 atom stereocenters. The Bertz CT molecular complexity index is 560. The molecule has 2 nitrogen and oxygen atoms in total. The fourth-order valence-corrected chi connectivity index (χ4v) is 3.79. The Morgan fingerprint density at radius 2 is 2.25 bits per heavy atom. The highest BCUT2D eigenvalue weighted by atomic mass is 32.1. The number of rotatable bonds is 4. The second-order valence-electron chi connectivity index (χ2n) is 6.23. The number of hydrogen-bond donors (Lipinski definition) is 1. The molecule has 1 aliphatic carbocycles. The van der Waals surface area contributed by atoms with Crippen molar-refractivity contribution in [3.63, 3.8) is 0 Å². The van der Waals surface area contributed by atoms with Crippen molar-refractivity contribution in [3.05, 3.63) is 52.0 Å². The number of nitrogens with zero attached hydrogens (tertiary/aromatic N) is 1. The molecule has 1 unspecified atom stereocenters. The van der Waals surface area contributed by atoms with Crippen LogP contribution in [0.2, 0.25) is 0 Å². The van der Waals surface area contributed by atoms with E-state index in [9.17, 15) is 0 Å². The quantitative estimate of drug-likeness (QED) is 0.915. The average molecular weight is 286 g/mol. The van der Waals surface area contributed by atoms with Gasteiger partial charge in [0, 0.05) is 29.1 Å². The summed E-state index contributed by atoms with van der Waals surface area (Å²) >= 11 is 1.85. The standard InChI is InChI=1S/C17H22N2S/c1-17(2,15-9-5-11-20-15)12-19-14-8-3-6-13-7-4-10-18-16(13)14/h4-5,7,9-11,14,19H,3,6,8,12H2,1-2H3. The zero-order valence-electron chi connectivity index (χ0n) is 12.2. The summed E-state index contributed by atoms with van der Waals surface area (Å²) in [6.45, 7) is 5.62. The van der Waals surface area contributed by atoms with Gasteiger partial charge >= 0.3 is 0 Å². The van der Waals surface area contributed by atoms with Crippen LogP contribution in [0.4, 0.5) is 0 Å². The van der Waals surface area contributed by atoms with Crippen molar-refractivity contribution >= 4 is 11.3 Å². The van der Waals surface area contributed by atoms with E-state index in [4.69, 9.17) is 0 Å². The molecule has 3 heteroatoms. The summed E-state index contributed by atoms with van der Waals surface area (Å²) in [6.07, 6.45) is 5.55. The first-order chi connectivity index (χ1) is 9.67. The Balaban J connectivity index is 1.71. The van der Waals surface area contributed by atoms with E-state index in [1.54, 1.807) is 0 Å². The summed E-state index contributed by atoms with van der Waals surface area (Å²) in [7, 11) is 0. The second-order valence-corrected chi connectivity index (χ2v) is 7.18. The molecule has 0 amide bonds. The normalized spacial score (nSPS) is 18.8. The van der Waals surface area contributed by atoms with Crippen molar-refractivity contribution in [3.8, 4) is 0 Å². The van der Waals surface area contributed by atoms with Crippen LogP contribution in [0.5, 0.6) is 0 Å². The van der Waals surface area contributed by atoms with Gasteiger partial charge in [0.05, 0.1) is 5.69 Å². The van der Waals surface area contributed by atoms with Crippen molar-refractivity contribution in [2.45, 2.75) is 44.6 Å². The highest BCUT2D eigenvalue weighted by Crippen LogP contribution is 2.31. The van der Waals surface area contributed by atoms with Crippen LogP contribution in [-0.2, 0) is 11.8 Å². The van der Waals surface area contributed by atoms with Crippen LogP contribution >= 0.6 is 11.3 Å². The average Bonchev–Trinajstić information content (AvgIpc) is 3.00. The van der Waals surface area contributed by atoms with E-state index < -0.39 is 0 Å². The lowest BCUT2D eigenvalue weighted by molar-refractivity contribution is 0.390. The van der Waals surface area contributed by atoms with Gasteiger partial charge in [-0.25, -0.2) is 0 Å². The first-order valence-electron chi connectivity index (χ1n) is 7.38. The molecular formula is C17H22N2S. The Morgan fingerprint density at radius 1 is 1.35 bits per heavy atom. The van der Waals surface area contributed by atoms with Crippen LogP contribution in [-0.4, -0.2) is 11.5 Å². The van der Waals surface area contributed by atoms with Crippen LogP contribution in [0.1, 0.15) is 48.9 Å². The minimum atomic E-state index is 0.181. The van der Waals surface area contributed by atoms with Gasteiger partial charge < -0.3 is 5.32 Å². The van der Waals surface area contributed by atoms with Crippen molar-refractivity contribution in [2.75, 3.05) is 6.54 Å². The summed E-state index contributed by atoms with van der Waals surface area (Å²) in [5.41, 5.74) is 2.87. The zero-order valence-corrected chi connectivity index (χ0v) is 13.0. The molecule has 0 radical (unpaired) electrons. The van der Waals surface area contributed by atoms with Crippen LogP contribution < -0.4 is 5.32 Å². The topological polar surface area (TPSA) is 24.9 Å². The molecule has 106 valence electrons. The monoisotopic (exact) mass is 286 g/mol. The molecule has 2 aromatic rings. The zero-order chi connectivity index (χ0) is 14.0. The molecule has 0 bridgehead atoms. The van der Waals surface area contributed by atoms with Crippen molar-refractivity contribution in [1.29, 1.82) is 0 Å². The number of nitrogens with one attached hydrogen (secondary N) is 1. The number of hydrogen-bond acceptors (Lipinski definition) is 3. The summed E-state index contributed by atoms with van der Waals surface area (Å²) < 4.78 is 0. The number of aromatic nitrogens is 1. The molecule has 2 heterocycles. The van der Waals surface area contributed by atoms with Crippen molar-refractivity contribution < 1.29 is 0 Å². The molecule has 0 aliphatic heterocycles. The maximum Gasteiger partial charge on any atom is 0.0605 e. The van der Waals surface area contributed by atoms with Crippen LogP contribution in [0.25, 0.3) is 0 Å². The van der Waals surface area contributed by atoms with Gasteiger partial charge in [-0.2, -0.15) is 0 Å². The molecule has 0 saturated carbocycles. The first kappa shape index (κ1) is 13.8. The van der Waals surface area contributed by atoms with Crippen LogP contribution in [0.3, 0.4) is 0 Å². The minimum absolute atomic E-state index is 0.181. The fraction of sp³-hybridized carbons (Fsp3) is 0.471. The Labute approximate surface area is 125 Å². The summed E-state index contributed by atoms with van der Waals surface area (Å²) in [5.74, 6) is 0. The van der Waals surface area contributed by atoms with E-state index in [1.165, 1.54) is 35.4 Å². The predicted octanol–water partition coefficient (Wildman–Crippen LogP) is 4.09. The first-order valence-corrected chi connectivity index (χ1v) is 8.26. The molecule has 1 aliphatic rings. The van der Waals surface area contributed by atoms with E-state index in [-0.39, 0.29) is 5.41 Å². The lowest BCUT2D eigenvalue weighted by atomic mass is 9.88. The van der Waals surface area contributed by atoms with Gasteiger partial charge in [-0.1, -0.05) is 26.0 Å². The summed E-state index contributed by atoms with van der Waals surface area (Å²) in [6, 6.07) is 9.06. The number of pyridine rings is 1. The molecule has 0 fully saturated rings. The minimum Gasteiger partial charge on any atom is -0.308 e. The highest BCUT2D eigenvalue weighted by Gasteiger charge is 2.26. The maximum atomic E-state index is 4.60. The van der Waals surface area contributed by atoms with E-state index in [1.807, 2.05) is 17.5 Å². The molecular weight excluding hydrogens is 264 g/mol. The number of fused-ring (bicyclic) bond motifs is 1. The highest BCUT2D eigenvalue weighted by molar-refractivity contribution is 7.10. The summed E-state index contributed by atoms with van der Waals surface area (Å²) in [4.78, 5) is 6.05. The van der Waals surface area contributed by atoms with Gasteiger partial charge in [0.1, 0.15) is 0 Å². The van der Waals surface area contributed by atoms with Crippen LogP contribution in [0, 0.1) is 0 Å². The van der Waals surface area contributed by atoms with Crippen molar-refractivity contribution in [1.82, 2.24) is 10.3 Å². The molecule has 0 saturated heterocycles. The van der Waals surface area contributed by atoms with Crippen molar-refractivity contribution in [2.24, 2.45) is 0 Å². The number of thiophene rings is 1. The third-order valence-electron chi connectivity index (χ3n) is 4.17. The predicted molar refractivity (Wildman–Crippen MR) is 85.3 cm³/mol. The summed E-state index contributed by atoms with van der Waals surface area (Å²) in [5, 5.41) is 5.91. The molecule has 1 N–H and O–H groups in total. The van der Waals surface area contributed by atoms with Gasteiger partial charge in [0.15, 0.2) is 0 Å².